The third-order valence-corrected chi connectivity index (χ3v) is 8.50. The van der Waals surface area contributed by atoms with Crippen LogP contribution in [0.15, 0.2) is 28.7 Å². The molecule has 0 N–H and O–H groups in total. The van der Waals surface area contributed by atoms with E-state index in [9.17, 15) is 4.79 Å². The van der Waals surface area contributed by atoms with Gasteiger partial charge in [-0.15, -0.1) is 0 Å². The second-order valence-corrected chi connectivity index (χ2v) is 11.7. The van der Waals surface area contributed by atoms with Crippen LogP contribution in [0.4, 0.5) is 0 Å². The zero-order valence-electron chi connectivity index (χ0n) is 14.9. The first-order valence-corrected chi connectivity index (χ1v) is 11.4. The molecule has 4 bridgehead atoms. The second-order valence-electron chi connectivity index (χ2n) is 9.05. The molecule has 4 aliphatic carbocycles. The van der Waals surface area contributed by atoms with Crippen LogP contribution in [0.1, 0.15) is 50.2 Å². The van der Waals surface area contributed by atoms with Gasteiger partial charge in [0.2, 0.25) is 5.91 Å². The lowest BCUT2D eigenvalue weighted by atomic mass is 9.49. The number of ether oxygens (including phenoxy) is 1. The number of nitrogens with zero attached hydrogens (tertiary/aromatic N) is 1. The van der Waals surface area contributed by atoms with Gasteiger partial charge in [0.05, 0.1) is 18.6 Å². The number of hydrogen-bond acceptors (Lipinski definition) is 2. The van der Waals surface area contributed by atoms with Crippen LogP contribution in [0.5, 0.6) is 0 Å². The highest BCUT2D eigenvalue weighted by molar-refractivity contribution is 9.10. The van der Waals surface area contributed by atoms with Gasteiger partial charge in [-0.1, -0.05) is 44.0 Å². The van der Waals surface area contributed by atoms with Crippen LogP contribution in [0, 0.1) is 17.3 Å². The fraction of sp³-hybridized carbons (Fsp3) is 0.667. The highest BCUT2D eigenvalue weighted by Gasteiger charge is 2.60. The summed E-state index contributed by atoms with van der Waals surface area (Å²) in [6, 6.07) is 8.29. The molecule has 5 aliphatic rings. The van der Waals surface area contributed by atoms with E-state index in [1.165, 1.54) is 19.3 Å². The zero-order valence-corrected chi connectivity index (χ0v) is 18.1. The Hall–Kier alpha value is -0.390. The first-order valence-electron chi connectivity index (χ1n) is 9.80. The van der Waals surface area contributed by atoms with Crippen molar-refractivity contribution < 1.29 is 9.53 Å². The Kier molecular flexibility index (Phi) is 4.30. The van der Waals surface area contributed by atoms with Crippen molar-refractivity contribution in [3.8, 4) is 0 Å². The average Bonchev–Trinajstić information content (AvgIpc) is 2.60. The molecule has 1 saturated heterocycles. The van der Waals surface area contributed by atoms with Crippen molar-refractivity contribution in [2.45, 2.75) is 49.0 Å². The fourth-order valence-electron chi connectivity index (χ4n) is 6.45. The van der Waals surface area contributed by atoms with Gasteiger partial charge in [-0.05, 0) is 68.1 Å². The van der Waals surface area contributed by atoms with E-state index >= 15 is 0 Å². The standard InChI is InChI=1S/C21H25Br2NO2/c22-17-3-1-16(2-4-17)18-12-24(5-6-26-18)19(25)20-8-14-7-15(9-20)11-21(23,10-14)13-20/h1-4,14-15,18H,5-13H2. The van der Waals surface area contributed by atoms with Crippen molar-refractivity contribution in [2.24, 2.45) is 17.3 Å². The molecule has 5 fully saturated rings. The number of halogens is 2. The lowest BCUT2D eigenvalue weighted by molar-refractivity contribution is -0.162. The minimum atomic E-state index is -0.116. The van der Waals surface area contributed by atoms with Crippen LogP contribution in [0.2, 0.25) is 0 Å². The van der Waals surface area contributed by atoms with Crippen LogP contribution in [0.25, 0.3) is 0 Å². The van der Waals surface area contributed by atoms with E-state index in [2.05, 4.69) is 48.9 Å². The van der Waals surface area contributed by atoms with Crippen molar-refractivity contribution in [1.82, 2.24) is 4.90 Å². The summed E-state index contributed by atoms with van der Waals surface area (Å²) in [4.78, 5) is 15.8. The van der Waals surface area contributed by atoms with Crippen LogP contribution in [-0.4, -0.2) is 34.8 Å². The molecule has 1 amide bonds. The van der Waals surface area contributed by atoms with Gasteiger partial charge in [0.1, 0.15) is 6.10 Å². The summed E-state index contributed by atoms with van der Waals surface area (Å²) >= 11 is 7.53. The maximum Gasteiger partial charge on any atom is 0.229 e. The number of hydrogen-bond donors (Lipinski definition) is 0. The van der Waals surface area contributed by atoms with Gasteiger partial charge in [-0.25, -0.2) is 0 Å². The summed E-state index contributed by atoms with van der Waals surface area (Å²) in [6.45, 7) is 2.06. The maximum absolute atomic E-state index is 13.7. The number of amides is 1. The number of carbonyl (C=O) groups excluding carboxylic acids is 1. The van der Waals surface area contributed by atoms with Gasteiger partial charge in [0.15, 0.2) is 0 Å². The largest absolute Gasteiger partial charge is 0.370 e. The van der Waals surface area contributed by atoms with Gasteiger partial charge in [0.25, 0.3) is 0 Å². The summed E-state index contributed by atoms with van der Waals surface area (Å²) in [5.41, 5.74) is 1.04. The number of morpholine rings is 1. The Morgan fingerprint density at radius 2 is 1.81 bits per heavy atom. The smallest absolute Gasteiger partial charge is 0.229 e. The third kappa shape index (κ3) is 2.98. The Morgan fingerprint density at radius 3 is 2.46 bits per heavy atom. The van der Waals surface area contributed by atoms with Gasteiger partial charge in [0, 0.05) is 15.3 Å². The molecule has 0 spiro atoms. The van der Waals surface area contributed by atoms with Crippen molar-refractivity contribution in [2.75, 3.05) is 19.7 Å². The lowest BCUT2D eigenvalue weighted by Gasteiger charge is -2.60. The first-order chi connectivity index (χ1) is 12.4. The van der Waals surface area contributed by atoms with Crippen LogP contribution < -0.4 is 0 Å². The summed E-state index contributed by atoms with van der Waals surface area (Å²) in [5, 5.41) is 0. The third-order valence-electron chi connectivity index (χ3n) is 7.04. The quantitative estimate of drug-likeness (QED) is 0.550. The molecule has 1 heterocycles. The summed E-state index contributed by atoms with van der Waals surface area (Å²) in [7, 11) is 0. The average molecular weight is 483 g/mol. The molecule has 26 heavy (non-hydrogen) atoms. The van der Waals surface area contributed by atoms with E-state index in [1.807, 2.05) is 12.1 Å². The Bertz CT molecular complexity index is 705. The van der Waals surface area contributed by atoms with Crippen molar-refractivity contribution in [3.05, 3.63) is 34.3 Å². The maximum atomic E-state index is 13.7. The van der Waals surface area contributed by atoms with Crippen molar-refractivity contribution in [1.29, 1.82) is 0 Å². The normalized spacial score (nSPS) is 41.5. The van der Waals surface area contributed by atoms with Gasteiger partial charge >= 0.3 is 0 Å². The Labute approximate surface area is 172 Å². The predicted molar refractivity (Wildman–Crippen MR) is 108 cm³/mol. The summed E-state index contributed by atoms with van der Waals surface area (Å²) < 4.78 is 7.30. The predicted octanol–water partition coefficient (Wildman–Crippen LogP) is 5.08. The zero-order chi connectivity index (χ0) is 17.9. The molecule has 1 aromatic rings. The van der Waals surface area contributed by atoms with Crippen LogP contribution in [-0.2, 0) is 9.53 Å². The molecule has 1 aromatic carbocycles. The van der Waals surface area contributed by atoms with Gasteiger partial charge < -0.3 is 9.64 Å². The van der Waals surface area contributed by atoms with Crippen molar-refractivity contribution in [3.63, 3.8) is 0 Å². The van der Waals surface area contributed by atoms with Gasteiger partial charge in [-0.3, -0.25) is 4.79 Å². The number of benzene rings is 1. The fourth-order valence-corrected chi connectivity index (χ4v) is 8.17. The highest BCUT2D eigenvalue weighted by atomic mass is 79.9. The summed E-state index contributed by atoms with van der Waals surface area (Å²) in [5.74, 6) is 1.88. The SMILES string of the molecule is O=C(N1CCOC(c2ccc(Br)cc2)C1)C12CC3CC(CC(Br)(C3)C1)C2. The molecule has 140 valence electrons. The molecule has 6 rings (SSSR count). The molecular weight excluding hydrogens is 458 g/mol. The molecule has 0 aromatic heterocycles. The molecule has 3 unspecified atom stereocenters. The topological polar surface area (TPSA) is 29.5 Å². The van der Waals surface area contributed by atoms with E-state index in [1.54, 1.807) is 0 Å². The number of alkyl halides is 1. The van der Waals surface area contributed by atoms with E-state index in [4.69, 9.17) is 4.74 Å². The van der Waals surface area contributed by atoms with Crippen LogP contribution in [0.3, 0.4) is 0 Å². The van der Waals surface area contributed by atoms with E-state index in [-0.39, 0.29) is 15.8 Å². The minimum Gasteiger partial charge on any atom is -0.370 e. The lowest BCUT2D eigenvalue weighted by Crippen LogP contribution is -2.60. The van der Waals surface area contributed by atoms with Gasteiger partial charge in [-0.2, -0.15) is 0 Å². The molecule has 5 heteroatoms. The molecule has 4 saturated carbocycles. The second kappa shape index (κ2) is 6.31. The summed E-state index contributed by atoms with van der Waals surface area (Å²) in [6.07, 6.45) is 7.12. The Balaban J connectivity index is 1.36. The molecule has 1 aliphatic heterocycles. The monoisotopic (exact) mass is 481 g/mol. The number of rotatable bonds is 2. The minimum absolute atomic E-state index is 0.00681. The molecule has 3 nitrogen and oxygen atoms in total. The van der Waals surface area contributed by atoms with E-state index in [0.717, 1.165) is 47.7 Å². The molecular formula is C21H25Br2NO2. The number of carbonyl (C=O) groups is 1. The highest BCUT2D eigenvalue weighted by Crippen LogP contribution is 2.64. The Morgan fingerprint density at radius 1 is 1.12 bits per heavy atom. The molecule has 3 atom stereocenters. The first kappa shape index (κ1) is 17.7. The van der Waals surface area contributed by atoms with E-state index < -0.39 is 0 Å². The van der Waals surface area contributed by atoms with Crippen molar-refractivity contribution >= 4 is 37.8 Å². The van der Waals surface area contributed by atoms with Crippen LogP contribution >= 0.6 is 31.9 Å². The molecule has 0 radical (unpaired) electrons. The van der Waals surface area contributed by atoms with E-state index in [0.29, 0.717) is 19.1 Å².